The number of carbonyl (C=O) groups excluding carboxylic acids is 1. The number of nitrogens with one attached hydrogen (secondary N) is 1. The zero-order chi connectivity index (χ0) is 20.9. The van der Waals surface area contributed by atoms with Gasteiger partial charge in [0, 0.05) is 14.1 Å². The molecule has 0 saturated carbocycles. The van der Waals surface area contributed by atoms with Gasteiger partial charge in [-0.15, -0.1) is 0 Å². The van der Waals surface area contributed by atoms with Gasteiger partial charge in [-0.05, 0) is 26.8 Å². The minimum atomic E-state index is -1.30. The number of ether oxygens (including phenoxy) is 1. The second-order valence-corrected chi connectivity index (χ2v) is 6.58. The molecule has 0 bridgehead atoms. The summed E-state index contributed by atoms with van der Waals surface area (Å²) in [6, 6.07) is 1.17. The van der Waals surface area contributed by atoms with Crippen molar-refractivity contribution in [3.8, 4) is 0 Å². The highest BCUT2D eigenvalue weighted by atomic mass is 19.1. The van der Waals surface area contributed by atoms with Gasteiger partial charge in [-0.1, -0.05) is 0 Å². The minimum absolute atomic E-state index is 0.0374. The van der Waals surface area contributed by atoms with Crippen LogP contribution in [0.5, 0.6) is 0 Å². The summed E-state index contributed by atoms with van der Waals surface area (Å²) in [7, 11) is 2.84. The van der Waals surface area contributed by atoms with Crippen molar-refractivity contribution in [2.75, 3.05) is 20.6 Å². The molecule has 1 aromatic rings. The number of rotatable bonds is 6. The summed E-state index contributed by atoms with van der Waals surface area (Å²) in [6.45, 7) is 4.83. The van der Waals surface area contributed by atoms with E-state index < -0.39 is 39.5 Å². The first kappa shape index (κ1) is 21.9. The fourth-order valence-corrected chi connectivity index (χ4v) is 2.00. The van der Waals surface area contributed by atoms with E-state index in [0.29, 0.717) is 6.07 Å². The van der Waals surface area contributed by atoms with Gasteiger partial charge in [-0.3, -0.25) is 15.5 Å². The van der Waals surface area contributed by atoms with E-state index in [2.05, 4.69) is 10.5 Å². The fraction of sp³-hybridized carbons (Fsp3) is 0.438. The lowest BCUT2D eigenvalue weighted by Gasteiger charge is -2.24. The summed E-state index contributed by atoms with van der Waals surface area (Å²) in [5.74, 6) is -2.34. The molecular weight excluding hydrogens is 364 g/mol. The van der Waals surface area contributed by atoms with Crippen LogP contribution in [-0.4, -0.2) is 53.6 Å². The monoisotopic (exact) mass is 386 g/mol. The van der Waals surface area contributed by atoms with E-state index in [0.717, 1.165) is 11.0 Å². The predicted octanol–water partition coefficient (Wildman–Crippen LogP) is 0.864. The Morgan fingerprint density at radius 3 is 2.48 bits per heavy atom. The molecule has 0 fully saturated rings. The third kappa shape index (κ3) is 5.97. The van der Waals surface area contributed by atoms with E-state index in [-0.39, 0.29) is 18.0 Å². The van der Waals surface area contributed by atoms with Gasteiger partial charge < -0.3 is 15.1 Å². The van der Waals surface area contributed by atoms with E-state index in [1.165, 1.54) is 14.1 Å². The van der Waals surface area contributed by atoms with E-state index in [9.17, 15) is 23.7 Å². The van der Waals surface area contributed by atoms with Crippen LogP contribution in [0.15, 0.2) is 17.2 Å². The lowest BCUT2D eigenvalue weighted by molar-refractivity contribution is -0.387. The topological polar surface area (TPSA) is 123 Å². The molecule has 0 radical (unpaired) electrons. The SMILES string of the molecule is CN/N=C(/CN(C)C(=O)OC(C)(C)C)C(=[NH2+])c1cc(F)cc([N+](=O)[O-])c1F. The van der Waals surface area contributed by atoms with Crippen molar-refractivity contribution < 1.29 is 28.6 Å². The number of nitro benzene ring substituents is 1. The third-order valence-corrected chi connectivity index (χ3v) is 3.15. The van der Waals surface area contributed by atoms with Crippen molar-refractivity contribution in [2.45, 2.75) is 26.4 Å². The molecule has 9 nitrogen and oxygen atoms in total. The van der Waals surface area contributed by atoms with Crippen LogP contribution >= 0.6 is 0 Å². The summed E-state index contributed by atoms with van der Waals surface area (Å²) >= 11 is 0. The van der Waals surface area contributed by atoms with Crippen LogP contribution in [0.1, 0.15) is 26.3 Å². The van der Waals surface area contributed by atoms with Gasteiger partial charge in [0.15, 0.2) is 5.71 Å². The molecule has 0 aliphatic carbocycles. The van der Waals surface area contributed by atoms with E-state index in [4.69, 9.17) is 10.1 Å². The number of nitrogens with zero attached hydrogens (tertiary/aromatic N) is 3. The summed E-state index contributed by atoms with van der Waals surface area (Å²) < 4.78 is 33.3. The maximum absolute atomic E-state index is 14.4. The molecule has 0 saturated heterocycles. The average molecular weight is 386 g/mol. The van der Waals surface area contributed by atoms with Crippen molar-refractivity contribution in [3.05, 3.63) is 39.4 Å². The first-order chi connectivity index (χ1) is 12.4. The molecular formula is C16H22F2N5O4+. The lowest BCUT2D eigenvalue weighted by atomic mass is 10.0. The number of hydrogen-bond donors (Lipinski definition) is 2. The van der Waals surface area contributed by atoms with Crippen LogP contribution in [0.3, 0.4) is 0 Å². The highest BCUT2D eigenvalue weighted by Crippen LogP contribution is 2.22. The summed E-state index contributed by atoms with van der Waals surface area (Å²) in [6.07, 6.45) is -0.690. The second kappa shape index (κ2) is 8.52. The van der Waals surface area contributed by atoms with Crippen molar-refractivity contribution in [1.29, 1.82) is 0 Å². The van der Waals surface area contributed by atoms with Crippen molar-refractivity contribution in [1.82, 2.24) is 10.3 Å². The van der Waals surface area contributed by atoms with Crippen molar-refractivity contribution in [2.24, 2.45) is 5.10 Å². The van der Waals surface area contributed by atoms with Gasteiger partial charge in [-0.25, -0.2) is 9.18 Å². The highest BCUT2D eigenvalue weighted by molar-refractivity contribution is 6.46. The van der Waals surface area contributed by atoms with Gasteiger partial charge in [-0.2, -0.15) is 9.49 Å². The van der Waals surface area contributed by atoms with Gasteiger partial charge >= 0.3 is 11.8 Å². The Labute approximate surface area is 154 Å². The van der Waals surface area contributed by atoms with E-state index in [1.807, 2.05) is 0 Å². The van der Waals surface area contributed by atoms with Gasteiger partial charge in [0.05, 0.1) is 23.1 Å². The molecule has 27 heavy (non-hydrogen) atoms. The second-order valence-electron chi connectivity index (χ2n) is 6.58. The summed E-state index contributed by atoms with van der Waals surface area (Å²) in [4.78, 5) is 23.0. The molecule has 0 atom stereocenters. The summed E-state index contributed by atoms with van der Waals surface area (Å²) in [5.41, 5.74) is -0.290. The van der Waals surface area contributed by atoms with Crippen LogP contribution in [-0.2, 0) is 4.74 Å². The maximum Gasteiger partial charge on any atom is 0.410 e. The van der Waals surface area contributed by atoms with Crippen LogP contribution in [0.4, 0.5) is 19.3 Å². The predicted molar refractivity (Wildman–Crippen MR) is 94.4 cm³/mol. The smallest absolute Gasteiger partial charge is 0.410 e. The lowest BCUT2D eigenvalue weighted by Crippen LogP contribution is -2.50. The van der Waals surface area contributed by atoms with Crippen molar-refractivity contribution in [3.63, 3.8) is 0 Å². The number of nitro groups is 1. The number of nitrogens with two attached hydrogens (primary N) is 1. The summed E-state index contributed by atoms with van der Waals surface area (Å²) in [5, 5.41) is 20.6. The normalized spacial score (nSPS) is 11.7. The van der Waals surface area contributed by atoms with Gasteiger partial charge in [0.25, 0.3) is 0 Å². The van der Waals surface area contributed by atoms with Crippen LogP contribution in [0.25, 0.3) is 0 Å². The molecule has 0 spiro atoms. The Kier molecular flexibility index (Phi) is 6.92. The van der Waals surface area contributed by atoms with Crippen LogP contribution in [0, 0.1) is 21.7 Å². The van der Waals surface area contributed by atoms with Gasteiger partial charge in [0.2, 0.25) is 11.5 Å². The minimum Gasteiger partial charge on any atom is -0.444 e. The average Bonchev–Trinajstić information content (AvgIpc) is 2.53. The molecule has 3 N–H and O–H groups in total. The van der Waals surface area contributed by atoms with Gasteiger partial charge in [0.1, 0.15) is 11.4 Å². The molecule has 1 amide bonds. The maximum atomic E-state index is 14.4. The Bertz CT molecular complexity index is 790. The van der Waals surface area contributed by atoms with Crippen LogP contribution in [0.2, 0.25) is 0 Å². The first-order valence-electron chi connectivity index (χ1n) is 7.81. The zero-order valence-corrected chi connectivity index (χ0v) is 15.7. The molecule has 148 valence electrons. The molecule has 1 rings (SSSR count). The molecule has 11 heteroatoms. The standard InChI is InChI=1S/C16H21F2N5O4/c1-16(2,3)27-15(24)22(5)8-11(21-20-4)14(19)10-6-9(17)7-12(13(10)18)23(25)26/h6-7,19-20H,8H2,1-5H3/p+1/b19-14?,21-11-. The zero-order valence-electron chi connectivity index (χ0n) is 15.7. The number of carbonyl (C=O) groups is 1. The quantitative estimate of drug-likeness (QED) is 0.427. The number of hydrazone groups is 1. The Morgan fingerprint density at radius 2 is 2.00 bits per heavy atom. The van der Waals surface area contributed by atoms with Crippen molar-refractivity contribution >= 4 is 23.2 Å². The Hall–Kier alpha value is -3.11. The molecule has 0 aliphatic heterocycles. The fourth-order valence-electron chi connectivity index (χ4n) is 2.00. The largest absolute Gasteiger partial charge is 0.444 e. The number of halogens is 2. The van der Waals surface area contributed by atoms with Crippen LogP contribution < -0.4 is 10.8 Å². The first-order valence-corrected chi connectivity index (χ1v) is 7.81. The highest BCUT2D eigenvalue weighted by Gasteiger charge is 2.30. The van der Waals surface area contributed by atoms with E-state index >= 15 is 0 Å². The molecule has 0 aromatic heterocycles. The number of hydrogen-bond acceptors (Lipinski definition) is 6. The Balaban J connectivity index is 3.19. The number of amides is 1. The third-order valence-electron chi connectivity index (χ3n) is 3.15. The number of benzene rings is 1. The molecule has 0 aliphatic rings. The molecule has 0 unspecified atom stereocenters. The Morgan fingerprint density at radius 1 is 1.41 bits per heavy atom. The van der Waals surface area contributed by atoms with E-state index in [1.54, 1.807) is 20.8 Å². The molecule has 1 aromatic carbocycles. The molecule has 0 heterocycles.